The first kappa shape index (κ1) is 7.17. The van der Waals surface area contributed by atoms with Crippen molar-refractivity contribution in [3.05, 3.63) is 12.7 Å². The summed E-state index contributed by atoms with van der Waals surface area (Å²) in [6.45, 7) is 4.28. The largest absolute Gasteiger partial charge is 0.479 e. The van der Waals surface area contributed by atoms with Gasteiger partial charge in [-0.1, -0.05) is 6.58 Å². The number of aliphatic carboxylic acids is 1. The lowest BCUT2D eigenvalue weighted by molar-refractivity contribution is -0.151. The van der Waals surface area contributed by atoms with E-state index in [1.165, 1.54) is 0 Å². The average molecular weight is 116 g/mol. The minimum Gasteiger partial charge on any atom is -0.479 e. The molecule has 0 saturated carbocycles. The first-order valence-corrected chi connectivity index (χ1v) is 2.10. The summed E-state index contributed by atoms with van der Waals surface area (Å²) in [5, 5.41) is 16.8. The van der Waals surface area contributed by atoms with Crippen LogP contribution in [0.4, 0.5) is 0 Å². The van der Waals surface area contributed by atoms with E-state index in [9.17, 15) is 4.79 Å². The van der Waals surface area contributed by atoms with E-state index in [0.717, 1.165) is 13.0 Å². The van der Waals surface area contributed by atoms with Gasteiger partial charge in [-0.2, -0.15) is 0 Å². The Labute approximate surface area is 47.3 Å². The lowest BCUT2D eigenvalue weighted by Gasteiger charge is -2.09. The molecule has 0 aliphatic carbocycles. The summed E-state index contributed by atoms with van der Waals surface area (Å²) >= 11 is 0. The fourth-order valence-electron chi connectivity index (χ4n) is 0.0873. The highest BCUT2D eigenvalue weighted by Crippen LogP contribution is 2.01. The van der Waals surface area contributed by atoms with Crippen molar-refractivity contribution in [2.75, 3.05) is 0 Å². The minimum atomic E-state index is -1.78. The third-order valence-electron chi connectivity index (χ3n) is 0.830. The van der Waals surface area contributed by atoms with Gasteiger partial charge < -0.3 is 10.2 Å². The second kappa shape index (κ2) is 1.96. The SMILES string of the molecule is C=C[C@@](C)(O)C(=O)O. The Morgan fingerprint density at radius 3 is 2.25 bits per heavy atom. The fraction of sp³-hybridized carbons (Fsp3) is 0.400. The van der Waals surface area contributed by atoms with E-state index < -0.39 is 11.6 Å². The van der Waals surface area contributed by atoms with Crippen molar-refractivity contribution in [3.8, 4) is 0 Å². The van der Waals surface area contributed by atoms with Crippen LogP contribution in [0.15, 0.2) is 12.7 Å². The van der Waals surface area contributed by atoms with Crippen LogP contribution in [0, 0.1) is 0 Å². The van der Waals surface area contributed by atoms with Crippen molar-refractivity contribution >= 4 is 5.97 Å². The molecule has 0 aliphatic rings. The highest BCUT2D eigenvalue weighted by molar-refractivity contribution is 5.78. The number of rotatable bonds is 2. The molecule has 0 radical (unpaired) electrons. The second-order valence-electron chi connectivity index (χ2n) is 1.66. The van der Waals surface area contributed by atoms with Gasteiger partial charge in [-0.3, -0.25) is 0 Å². The Morgan fingerprint density at radius 1 is 1.88 bits per heavy atom. The quantitative estimate of drug-likeness (QED) is 0.499. The summed E-state index contributed by atoms with van der Waals surface area (Å²) in [5.41, 5.74) is -1.78. The third kappa shape index (κ3) is 1.35. The maximum absolute atomic E-state index is 9.93. The van der Waals surface area contributed by atoms with Gasteiger partial charge in [0.25, 0.3) is 0 Å². The number of aliphatic hydroxyl groups is 1. The maximum atomic E-state index is 9.93. The summed E-state index contributed by atoms with van der Waals surface area (Å²) < 4.78 is 0. The van der Waals surface area contributed by atoms with E-state index in [2.05, 4.69) is 6.58 Å². The molecular weight excluding hydrogens is 108 g/mol. The standard InChI is InChI=1S/C5H8O3/c1-3-5(2,8)4(6)7/h3,8H,1H2,2H3,(H,6,7)/t5-/m1/s1. The molecule has 0 bridgehead atoms. The number of hydrogen-bond donors (Lipinski definition) is 2. The van der Waals surface area contributed by atoms with Crippen LogP contribution in [0.1, 0.15) is 6.92 Å². The number of hydrogen-bond acceptors (Lipinski definition) is 2. The van der Waals surface area contributed by atoms with Crippen LogP contribution >= 0.6 is 0 Å². The van der Waals surface area contributed by atoms with Gasteiger partial charge in [0.2, 0.25) is 0 Å². The minimum absolute atomic E-state index is 0.968. The molecule has 0 aromatic heterocycles. The summed E-state index contributed by atoms with van der Waals surface area (Å²) in [6.07, 6.45) is 0.968. The van der Waals surface area contributed by atoms with Crippen LogP contribution in [-0.2, 0) is 4.79 Å². The third-order valence-corrected chi connectivity index (χ3v) is 0.830. The van der Waals surface area contributed by atoms with Gasteiger partial charge in [-0.05, 0) is 13.0 Å². The zero-order chi connectivity index (χ0) is 6.78. The van der Waals surface area contributed by atoms with Gasteiger partial charge in [0, 0.05) is 0 Å². The van der Waals surface area contributed by atoms with Crippen molar-refractivity contribution in [3.63, 3.8) is 0 Å². The molecule has 0 amide bonds. The summed E-state index contributed by atoms with van der Waals surface area (Å²) in [6, 6.07) is 0. The molecule has 0 spiro atoms. The second-order valence-corrected chi connectivity index (χ2v) is 1.66. The average Bonchev–Trinajstić information content (AvgIpc) is 1.67. The molecule has 3 nitrogen and oxygen atoms in total. The lowest BCUT2D eigenvalue weighted by Crippen LogP contribution is -2.31. The number of carboxylic acid groups (broad SMARTS) is 1. The molecule has 0 saturated heterocycles. The van der Waals surface area contributed by atoms with E-state index in [1.54, 1.807) is 0 Å². The molecule has 0 aromatic rings. The topological polar surface area (TPSA) is 57.5 Å². The molecule has 0 rings (SSSR count). The van der Waals surface area contributed by atoms with Crippen LogP contribution in [0.25, 0.3) is 0 Å². The summed E-state index contributed by atoms with van der Waals surface area (Å²) in [7, 11) is 0. The molecule has 0 aliphatic heterocycles. The molecule has 8 heavy (non-hydrogen) atoms. The van der Waals surface area contributed by atoms with E-state index in [1.807, 2.05) is 0 Å². The van der Waals surface area contributed by atoms with Crippen molar-refractivity contribution in [1.82, 2.24) is 0 Å². The van der Waals surface area contributed by atoms with Crippen molar-refractivity contribution < 1.29 is 15.0 Å². The van der Waals surface area contributed by atoms with E-state index in [0.29, 0.717) is 0 Å². The van der Waals surface area contributed by atoms with E-state index in [-0.39, 0.29) is 0 Å². The lowest BCUT2D eigenvalue weighted by atomic mass is 10.1. The molecule has 0 aromatic carbocycles. The van der Waals surface area contributed by atoms with Crippen molar-refractivity contribution in [2.24, 2.45) is 0 Å². The summed E-state index contributed by atoms with van der Waals surface area (Å²) in [4.78, 5) is 9.93. The Balaban J connectivity index is 4.12. The molecular formula is C5H8O3. The first-order valence-electron chi connectivity index (χ1n) is 2.10. The normalized spacial score (nSPS) is 16.8. The Bertz CT molecular complexity index is 115. The molecule has 2 N–H and O–H groups in total. The summed E-state index contributed by atoms with van der Waals surface area (Å²) in [5.74, 6) is -1.28. The predicted octanol–water partition coefficient (Wildman–Crippen LogP) is 0.00800. The van der Waals surface area contributed by atoms with Crippen LogP contribution in [0.3, 0.4) is 0 Å². The number of carbonyl (C=O) groups is 1. The molecule has 0 heterocycles. The Kier molecular flexibility index (Phi) is 1.76. The Morgan fingerprint density at radius 2 is 2.25 bits per heavy atom. The van der Waals surface area contributed by atoms with Crippen molar-refractivity contribution in [2.45, 2.75) is 12.5 Å². The van der Waals surface area contributed by atoms with Gasteiger partial charge >= 0.3 is 5.97 Å². The monoisotopic (exact) mass is 116 g/mol. The van der Waals surface area contributed by atoms with Crippen LogP contribution in [0.2, 0.25) is 0 Å². The smallest absolute Gasteiger partial charge is 0.339 e. The molecule has 3 heteroatoms. The zero-order valence-electron chi connectivity index (χ0n) is 4.59. The highest BCUT2D eigenvalue weighted by Gasteiger charge is 2.24. The fourth-order valence-corrected chi connectivity index (χ4v) is 0.0873. The van der Waals surface area contributed by atoms with Gasteiger partial charge in [-0.15, -0.1) is 0 Å². The highest BCUT2D eigenvalue weighted by atomic mass is 16.4. The van der Waals surface area contributed by atoms with Crippen LogP contribution in [-0.4, -0.2) is 21.8 Å². The first-order chi connectivity index (χ1) is 3.50. The van der Waals surface area contributed by atoms with Gasteiger partial charge in [0.05, 0.1) is 0 Å². The molecule has 0 unspecified atom stereocenters. The van der Waals surface area contributed by atoms with Gasteiger partial charge in [0.15, 0.2) is 5.60 Å². The van der Waals surface area contributed by atoms with Crippen LogP contribution < -0.4 is 0 Å². The predicted molar refractivity (Wildman–Crippen MR) is 28.5 cm³/mol. The van der Waals surface area contributed by atoms with E-state index >= 15 is 0 Å². The van der Waals surface area contributed by atoms with Crippen LogP contribution in [0.5, 0.6) is 0 Å². The Hall–Kier alpha value is -0.830. The molecule has 46 valence electrons. The number of carboxylic acids is 1. The molecule has 0 fully saturated rings. The van der Waals surface area contributed by atoms with Gasteiger partial charge in [-0.25, -0.2) is 4.79 Å². The van der Waals surface area contributed by atoms with Gasteiger partial charge in [0.1, 0.15) is 0 Å². The van der Waals surface area contributed by atoms with E-state index in [4.69, 9.17) is 10.2 Å². The molecule has 1 atom stereocenters. The maximum Gasteiger partial charge on any atom is 0.339 e. The zero-order valence-corrected chi connectivity index (χ0v) is 4.59. The van der Waals surface area contributed by atoms with Crippen molar-refractivity contribution in [1.29, 1.82) is 0 Å².